The molecule has 17 heavy (non-hydrogen) atoms. The second kappa shape index (κ2) is 7.67. The average Bonchev–Trinajstić information content (AvgIpc) is 2.29. The van der Waals surface area contributed by atoms with Crippen LogP contribution in [0.1, 0.15) is 39.0 Å². The van der Waals surface area contributed by atoms with E-state index < -0.39 is 0 Å². The van der Waals surface area contributed by atoms with Crippen molar-refractivity contribution in [3.05, 3.63) is 0 Å². The van der Waals surface area contributed by atoms with Gasteiger partial charge in [-0.1, -0.05) is 19.8 Å². The van der Waals surface area contributed by atoms with E-state index in [-0.39, 0.29) is 5.91 Å². The van der Waals surface area contributed by atoms with E-state index in [0.717, 1.165) is 19.4 Å². The number of nitrogens with two attached hydrogens (primary N) is 1. The molecule has 0 radical (unpaired) electrons. The van der Waals surface area contributed by atoms with Crippen LogP contribution in [-0.4, -0.2) is 43.5 Å². The number of amides is 1. The highest BCUT2D eigenvalue weighted by Gasteiger charge is 2.22. The van der Waals surface area contributed by atoms with Crippen molar-refractivity contribution in [3.63, 3.8) is 0 Å². The zero-order chi connectivity index (χ0) is 12.7. The first-order valence-corrected chi connectivity index (χ1v) is 6.81. The van der Waals surface area contributed by atoms with E-state index in [4.69, 9.17) is 5.73 Å². The molecule has 1 amide bonds. The molecule has 4 heteroatoms. The summed E-state index contributed by atoms with van der Waals surface area (Å²) in [4.78, 5) is 13.9. The van der Waals surface area contributed by atoms with Crippen molar-refractivity contribution in [2.45, 2.75) is 45.1 Å². The van der Waals surface area contributed by atoms with E-state index in [9.17, 15) is 4.79 Å². The lowest BCUT2D eigenvalue weighted by Gasteiger charge is -2.30. The number of hydrogen-bond donors (Lipinski definition) is 2. The van der Waals surface area contributed by atoms with Gasteiger partial charge in [0.1, 0.15) is 0 Å². The lowest BCUT2D eigenvalue weighted by atomic mass is 9.86. The number of rotatable bonds is 6. The largest absolute Gasteiger partial charge is 0.352 e. The Kier molecular flexibility index (Phi) is 6.52. The molecular formula is C13H27N3O. The third-order valence-electron chi connectivity index (χ3n) is 3.62. The normalized spacial score (nSPS) is 24.9. The number of carbonyl (C=O) groups is 1. The molecular weight excluding hydrogens is 214 g/mol. The van der Waals surface area contributed by atoms with E-state index >= 15 is 0 Å². The molecule has 100 valence electrons. The van der Waals surface area contributed by atoms with Crippen LogP contribution < -0.4 is 11.1 Å². The fourth-order valence-corrected chi connectivity index (χ4v) is 2.47. The summed E-state index contributed by atoms with van der Waals surface area (Å²) in [6, 6.07) is 0.388. The Morgan fingerprint density at radius 3 is 2.76 bits per heavy atom. The molecule has 1 aliphatic rings. The van der Waals surface area contributed by atoms with E-state index in [1.165, 1.54) is 19.3 Å². The maximum atomic E-state index is 11.8. The molecule has 0 aromatic rings. The fraction of sp³-hybridized carbons (Fsp3) is 0.923. The molecule has 0 spiro atoms. The summed E-state index contributed by atoms with van der Waals surface area (Å²) in [6.07, 6.45) is 5.89. The highest BCUT2D eigenvalue weighted by Crippen LogP contribution is 2.23. The Morgan fingerprint density at radius 1 is 1.41 bits per heavy atom. The molecule has 1 saturated carbocycles. The van der Waals surface area contributed by atoms with Gasteiger partial charge in [-0.25, -0.2) is 0 Å². The molecule has 2 unspecified atom stereocenters. The second-order valence-electron chi connectivity index (χ2n) is 5.32. The van der Waals surface area contributed by atoms with E-state index in [0.29, 0.717) is 25.0 Å². The second-order valence-corrected chi connectivity index (χ2v) is 5.32. The number of likely N-dealkylation sites (N-methyl/N-ethyl adjacent to an activating group) is 1. The van der Waals surface area contributed by atoms with Crippen molar-refractivity contribution < 1.29 is 4.79 Å². The molecule has 0 aromatic heterocycles. The van der Waals surface area contributed by atoms with Crippen molar-refractivity contribution in [2.24, 2.45) is 11.7 Å². The van der Waals surface area contributed by atoms with E-state index in [1.54, 1.807) is 0 Å². The topological polar surface area (TPSA) is 58.4 Å². The van der Waals surface area contributed by atoms with Gasteiger partial charge in [0.2, 0.25) is 5.91 Å². The van der Waals surface area contributed by atoms with Crippen LogP contribution in [0.3, 0.4) is 0 Å². The zero-order valence-corrected chi connectivity index (χ0v) is 11.2. The van der Waals surface area contributed by atoms with Gasteiger partial charge < -0.3 is 11.1 Å². The summed E-state index contributed by atoms with van der Waals surface area (Å²) < 4.78 is 0. The van der Waals surface area contributed by atoms with Gasteiger partial charge in [-0.05, 0) is 45.3 Å². The van der Waals surface area contributed by atoms with Crippen molar-refractivity contribution in [1.82, 2.24) is 10.2 Å². The van der Waals surface area contributed by atoms with Crippen LogP contribution in [0.25, 0.3) is 0 Å². The van der Waals surface area contributed by atoms with Crippen LogP contribution in [0.15, 0.2) is 0 Å². The van der Waals surface area contributed by atoms with E-state index in [2.05, 4.69) is 12.2 Å². The number of carbonyl (C=O) groups excluding carboxylic acids is 1. The number of nitrogens with one attached hydrogen (secondary N) is 1. The molecule has 1 fully saturated rings. The maximum Gasteiger partial charge on any atom is 0.234 e. The highest BCUT2D eigenvalue weighted by atomic mass is 16.2. The predicted octanol–water partition coefficient (Wildman–Crippen LogP) is 0.962. The molecule has 0 heterocycles. The summed E-state index contributed by atoms with van der Waals surface area (Å²) in [5.74, 6) is 0.783. The third kappa shape index (κ3) is 5.50. The SMILES string of the molecule is CC1CCCCC1NC(=O)CN(C)CCCN. The number of nitrogens with zero attached hydrogens (tertiary/aromatic N) is 1. The Balaban J connectivity index is 2.23. The summed E-state index contributed by atoms with van der Waals surface area (Å²) in [5, 5.41) is 3.16. The van der Waals surface area contributed by atoms with Gasteiger partial charge in [0.05, 0.1) is 6.54 Å². The number of hydrogen-bond acceptors (Lipinski definition) is 3. The minimum Gasteiger partial charge on any atom is -0.352 e. The summed E-state index contributed by atoms with van der Waals surface area (Å²) in [5.41, 5.74) is 5.45. The molecule has 0 aromatic carbocycles. The summed E-state index contributed by atoms with van der Waals surface area (Å²) in [6.45, 7) is 4.31. The van der Waals surface area contributed by atoms with Gasteiger partial charge in [0.15, 0.2) is 0 Å². The molecule has 3 N–H and O–H groups in total. The minimum absolute atomic E-state index is 0.156. The van der Waals surface area contributed by atoms with Gasteiger partial charge in [-0.3, -0.25) is 9.69 Å². The Labute approximate surface area is 105 Å². The fourth-order valence-electron chi connectivity index (χ4n) is 2.47. The zero-order valence-electron chi connectivity index (χ0n) is 11.2. The molecule has 1 rings (SSSR count). The first kappa shape index (κ1) is 14.5. The smallest absolute Gasteiger partial charge is 0.234 e. The van der Waals surface area contributed by atoms with Crippen molar-refractivity contribution >= 4 is 5.91 Å². The van der Waals surface area contributed by atoms with Crippen LogP contribution in [0.5, 0.6) is 0 Å². The third-order valence-corrected chi connectivity index (χ3v) is 3.62. The van der Waals surface area contributed by atoms with Crippen LogP contribution in [0, 0.1) is 5.92 Å². The van der Waals surface area contributed by atoms with Gasteiger partial charge in [-0.15, -0.1) is 0 Å². The molecule has 0 bridgehead atoms. The van der Waals surface area contributed by atoms with Crippen LogP contribution >= 0.6 is 0 Å². The predicted molar refractivity (Wildman–Crippen MR) is 70.7 cm³/mol. The molecule has 1 aliphatic carbocycles. The Bertz CT molecular complexity index is 233. The van der Waals surface area contributed by atoms with Crippen LogP contribution in [0.4, 0.5) is 0 Å². The Morgan fingerprint density at radius 2 is 2.12 bits per heavy atom. The Hall–Kier alpha value is -0.610. The van der Waals surface area contributed by atoms with Crippen molar-refractivity contribution in [1.29, 1.82) is 0 Å². The van der Waals surface area contributed by atoms with E-state index in [1.807, 2.05) is 11.9 Å². The lowest BCUT2D eigenvalue weighted by Crippen LogP contribution is -2.45. The quantitative estimate of drug-likeness (QED) is 0.728. The first-order valence-electron chi connectivity index (χ1n) is 6.81. The summed E-state index contributed by atoms with van der Waals surface area (Å²) >= 11 is 0. The molecule has 0 aliphatic heterocycles. The highest BCUT2D eigenvalue weighted by molar-refractivity contribution is 5.78. The van der Waals surface area contributed by atoms with Gasteiger partial charge >= 0.3 is 0 Å². The minimum atomic E-state index is 0.156. The van der Waals surface area contributed by atoms with Crippen LogP contribution in [-0.2, 0) is 4.79 Å². The van der Waals surface area contributed by atoms with Crippen LogP contribution in [0.2, 0.25) is 0 Å². The molecule has 2 atom stereocenters. The summed E-state index contributed by atoms with van der Waals surface area (Å²) in [7, 11) is 1.97. The van der Waals surface area contributed by atoms with Gasteiger partial charge in [0, 0.05) is 6.04 Å². The van der Waals surface area contributed by atoms with Gasteiger partial charge in [-0.2, -0.15) is 0 Å². The first-order chi connectivity index (χ1) is 8.13. The maximum absolute atomic E-state index is 11.8. The average molecular weight is 241 g/mol. The monoisotopic (exact) mass is 241 g/mol. The lowest BCUT2D eigenvalue weighted by molar-refractivity contribution is -0.123. The van der Waals surface area contributed by atoms with Crippen molar-refractivity contribution in [3.8, 4) is 0 Å². The van der Waals surface area contributed by atoms with Crippen molar-refractivity contribution in [2.75, 3.05) is 26.7 Å². The standard InChI is InChI=1S/C13H27N3O/c1-11-6-3-4-7-12(11)15-13(17)10-16(2)9-5-8-14/h11-12H,3-10,14H2,1-2H3,(H,15,17). The van der Waals surface area contributed by atoms with Gasteiger partial charge in [0.25, 0.3) is 0 Å². The molecule has 4 nitrogen and oxygen atoms in total. The molecule has 0 saturated heterocycles.